The summed E-state index contributed by atoms with van der Waals surface area (Å²) in [5, 5.41) is 11.8. The largest absolute Gasteiger partial charge is 0.478 e. The van der Waals surface area contributed by atoms with Crippen molar-refractivity contribution in [3.05, 3.63) is 47.3 Å². The zero-order valence-corrected chi connectivity index (χ0v) is 17.1. The molecule has 1 aromatic heterocycles. The smallest absolute Gasteiger partial charge is 0.335 e. The predicted molar refractivity (Wildman–Crippen MR) is 110 cm³/mol. The Morgan fingerprint density at radius 2 is 1.75 bits per heavy atom. The Labute approximate surface area is 165 Å². The lowest BCUT2D eigenvalue weighted by atomic mass is 10.1. The number of amides is 1. The third-order valence-electron chi connectivity index (χ3n) is 4.29. The number of carbonyl (C=O) groups excluding carboxylic acids is 1. The average molecular weight is 384 g/mol. The van der Waals surface area contributed by atoms with Crippen LogP contribution >= 0.6 is 0 Å². The summed E-state index contributed by atoms with van der Waals surface area (Å²) < 4.78 is 0. The fourth-order valence-electron chi connectivity index (χ4n) is 2.71. The van der Waals surface area contributed by atoms with Gasteiger partial charge in [-0.1, -0.05) is 20.8 Å². The molecule has 0 spiro atoms. The second-order valence-corrected chi connectivity index (χ2v) is 7.26. The lowest BCUT2D eigenvalue weighted by Crippen LogP contribution is -2.34. The van der Waals surface area contributed by atoms with Crippen LogP contribution in [-0.2, 0) is 0 Å². The molecule has 0 fully saturated rings. The van der Waals surface area contributed by atoms with Gasteiger partial charge in [0.05, 0.1) is 5.56 Å². The van der Waals surface area contributed by atoms with Crippen molar-refractivity contribution in [1.29, 1.82) is 0 Å². The van der Waals surface area contributed by atoms with Crippen LogP contribution in [0.5, 0.6) is 0 Å². The van der Waals surface area contributed by atoms with Crippen LogP contribution in [0, 0.1) is 0 Å². The number of carbonyl (C=O) groups is 2. The molecule has 2 N–H and O–H groups in total. The Hall–Kier alpha value is -2.96. The fraction of sp³-hybridized carbons (Fsp3) is 0.429. The first kappa shape index (κ1) is 21.3. The maximum absolute atomic E-state index is 12.8. The van der Waals surface area contributed by atoms with Gasteiger partial charge < -0.3 is 15.3 Å². The first-order chi connectivity index (χ1) is 13.2. The molecule has 0 unspecified atom stereocenters. The molecule has 1 heterocycles. The minimum Gasteiger partial charge on any atom is -0.478 e. The van der Waals surface area contributed by atoms with Gasteiger partial charge in [0, 0.05) is 24.0 Å². The van der Waals surface area contributed by atoms with E-state index in [0.29, 0.717) is 11.6 Å². The molecule has 1 aromatic carbocycles. The summed E-state index contributed by atoms with van der Waals surface area (Å²) in [6, 6.07) is 7.94. The number of aromatic carboxylic acids is 1. The molecular weight excluding hydrogens is 356 g/mol. The fourth-order valence-corrected chi connectivity index (χ4v) is 2.71. The molecule has 7 nitrogen and oxygen atoms in total. The minimum atomic E-state index is -1.01. The number of carboxylic acid groups (broad SMARTS) is 1. The molecule has 2 aromatic rings. The van der Waals surface area contributed by atoms with Crippen molar-refractivity contribution in [3.63, 3.8) is 0 Å². The van der Waals surface area contributed by atoms with Gasteiger partial charge in [0.1, 0.15) is 5.69 Å². The summed E-state index contributed by atoms with van der Waals surface area (Å²) in [5.74, 6) is -0.661. The highest BCUT2D eigenvalue weighted by Gasteiger charge is 2.19. The Bertz CT molecular complexity index is 832. The van der Waals surface area contributed by atoms with Crippen molar-refractivity contribution in [3.8, 4) is 0 Å². The van der Waals surface area contributed by atoms with E-state index in [4.69, 9.17) is 5.11 Å². The van der Waals surface area contributed by atoms with Crippen LogP contribution in [0.25, 0.3) is 0 Å². The highest BCUT2D eigenvalue weighted by atomic mass is 16.4. The summed E-state index contributed by atoms with van der Waals surface area (Å²) in [4.78, 5) is 35.0. The molecule has 0 saturated carbocycles. The standard InChI is InChI=1S/C21H28N4O3/c1-6-11-25(14(4)5)21-23-17(13(2)3)12-18(24-21)19(26)22-16-9-7-15(8-10-16)20(27)28/h7-10,12-14H,6,11H2,1-5H3,(H,22,26)(H,27,28). The number of anilines is 2. The zero-order valence-electron chi connectivity index (χ0n) is 17.1. The van der Waals surface area contributed by atoms with Gasteiger partial charge in [-0.2, -0.15) is 0 Å². The Balaban J connectivity index is 2.34. The van der Waals surface area contributed by atoms with E-state index < -0.39 is 5.97 Å². The highest BCUT2D eigenvalue weighted by Crippen LogP contribution is 2.20. The van der Waals surface area contributed by atoms with Gasteiger partial charge in [-0.05, 0) is 56.5 Å². The number of hydrogen-bond acceptors (Lipinski definition) is 5. The van der Waals surface area contributed by atoms with Crippen LogP contribution < -0.4 is 10.2 Å². The Kier molecular flexibility index (Phi) is 7.09. The summed E-state index contributed by atoms with van der Waals surface area (Å²) in [6.07, 6.45) is 0.949. The van der Waals surface area contributed by atoms with E-state index in [1.54, 1.807) is 18.2 Å². The van der Waals surface area contributed by atoms with E-state index in [2.05, 4.69) is 41.0 Å². The summed E-state index contributed by atoms with van der Waals surface area (Å²) >= 11 is 0. The number of aromatic nitrogens is 2. The van der Waals surface area contributed by atoms with Crippen molar-refractivity contribution in [2.45, 2.75) is 53.0 Å². The molecule has 1 amide bonds. The third kappa shape index (κ3) is 5.28. The second kappa shape index (κ2) is 9.30. The Morgan fingerprint density at radius 1 is 1.11 bits per heavy atom. The van der Waals surface area contributed by atoms with E-state index in [9.17, 15) is 9.59 Å². The summed E-state index contributed by atoms with van der Waals surface area (Å²) in [6.45, 7) is 11.1. The van der Waals surface area contributed by atoms with Gasteiger partial charge in [-0.25, -0.2) is 14.8 Å². The number of carboxylic acids is 1. The van der Waals surface area contributed by atoms with Crippen LogP contribution in [0.2, 0.25) is 0 Å². The summed E-state index contributed by atoms with van der Waals surface area (Å²) in [5.41, 5.74) is 1.77. The van der Waals surface area contributed by atoms with E-state index in [0.717, 1.165) is 18.7 Å². The van der Waals surface area contributed by atoms with Crippen molar-refractivity contribution in [2.24, 2.45) is 0 Å². The maximum Gasteiger partial charge on any atom is 0.335 e. The molecule has 0 radical (unpaired) electrons. The van der Waals surface area contributed by atoms with Crippen molar-refractivity contribution in [1.82, 2.24) is 9.97 Å². The van der Waals surface area contributed by atoms with Crippen LogP contribution in [0.15, 0.2) is 30.3 Å². The Morgan fingerprint density at radius 3 is 2.25 bits per heavy atom. The van der Waals surface area contributed by atoms with Gasteiger partial charge in [0.15, 0.2) is 0 Å². The molecule has 0 aliphatic carbocycles. The summed E-state index contributed by atoms with van der Waals surface area (Å²) in [7, 11) is 0. The molecule has 0 aliphatic rings. The van der Waals surface area contributed by atoms with Crippen molar-refractivity contribution in [2.75, 3.05) is 16.8 Å². The second-order valence-electron chi connectivity index (χ2n) is 7.26. The van der Waals surface area contributed by atoms with Gasteiger partial charge in [-0.15, -0.1) is 0 Å². The molecule has 0 atom stereocenters. The van der Waals surface area contributed by atoms with E-state index in [1.165, 1.54) is 12.1 Å². The normalized spacial score (nSPS) is 11.0. The number of rotatable bonds is 8. The van der Waals surface area contributed by atoms with Crippen molar-refractivity contribution >= 4 is 23.5 Å². The van der Waals surface area contributed by atoms with Crippen LogP contribution in [0.4, 0.5) is 11.6 Å². The topological polar surface area (TPSA) is 95.4 Å². The highest BCUT2D eigenvalue weighted by molar-refractivity contribution is 6.03. The first-order valence-corrected chi connectivity index (χ1v) is 9.53. The molecule has 28 heavy (non-hydrogen) atoms. The lowest BCUT2D eigenvalue weighted by molar-refractivity contribution is 0.0696. The van der Waals surface area contributed by atoms with Crippen LogP contribution in [0.1, 0.15) is 73.5 Å². The average Bonchev–Trinajstić information content (AvgIpc) is 2.65. The van der Waals surface area contributed by atoms with Gasteiger partial charge in [-0.3, -0.25) is 4.79 Å². The number of hydrogen-bond donors (Lipinski definition) is 2. The van der Waals surface area contributed by atoms with E-state index in [-0.39, 0.29) is 29.1 Å². The third-order valence-corrected chi connectivity index (χ3v) is 4.29. The molecule has 0 saturated heterocycles. The van der Waals surface area contributed by atoms with Gasteiger partial charge in [0.2, 0.25) is 5.95 Å². The number of nitrogens with one attached hydrogen (secondary N) is 1. The zero-order chi connectivity index (χ0) is 20.8. The molecule has 7 heteroatoms. The lowest BCUT2D eigenvalue weighted by Gasteiger charge is -2.27. The van der Waals surface area contributed by atoms with Gasteiger partial charge >= 0.3 is 5.97 Å². The predicted octanol–water partition coefficient (Wildman–Crippen LogP) is 4.18. The molecule has 150 valence electrons. The molecule has 0 aliphatic heterocycles. The monoisotopic (exact) mass is 384 g/mol. The molecular formula is C21H28N4O3. The number of nitrogens with zero attached hydrogens (tertiary/aromatic N) is 3. The van der Waals surface area contributed by atoms with Crippen LogP contribution in [-0.4, -0.2) is 39.5 Å². The minimum absolute atomic E-state index is 0.152. The number of benzene rings is 1. The van der Waals surface area contributed by atoms with Crippen molar-refractivity contribution < 1.29 is 14.7 Å². The maximum atomic E-state index is 12.8. The van der Waals surface area contributed by atoms with E-state index in [1.807, 2.05) is 13.8 Å². The quantitative estimate of drug-likeness (QED) is 0.709. The van der Waals surface area contributed by atoms with E-state index >= 15 is 0 Å². The SMILES string of the molecule is CCCN(c1nc(C(=O)Nc2ccc(C(=O)O)cc2)cc(C(C)C)n1)C(C)C. The first-order valence-electron chi connectivity index (χ1n) is 9.53. The van der Waals surface area contributed by atoms with Gasteiger partial charge in [0.25, 0.3) is 5.91 Å². The van der Waals surface area contributed by atoms with Crippen LogP contribution in [0.3, 0.4) is 0 Å². The molecule has 0 bridgehead atoms. The molecule has 2 rings (SSSR count).